The topological polar surface area (TPSA) is 26.0 Å². The first-order valence-electron chi connectivity index (χ1n) is 4.32. The van der Waals surface area contributed by atoms with E-state index in [1.54, 1.807) is 0 Å². The summed E-state index contributed by atoms with van der Waals surface area (Å²) in [6.45, 7) is 0. The molecular formula is C10H11F2N. The molecule has 0 radical (unpaired) electrons. The molecule has 0 atom stereocenters. The van der Waals surface area contributed by atoms with Crippen LogP contribution in [0.2, 0.25) is 0 Å². The normalized spacial score (nSPS) is 18.7. The Bertz CT molecular complexity index is 332. The van der Waals surface area contributed by atoms with Gasteiger partial charge in [-0.2, -0.15) is 0 Å². The van der Waals surface area contributed by atoms with Gasteiger partial charge in [-0.1, -0.05) is 0 Å². The number of benzene rings is 1. The Morgan fingerprint density at radius 2 is 2.00 bits per heavy atom. The second-order valence-electron chi connectivity index (χ2n) is 3.77. The quantitative estimate of drug-likeness (QED) is 0.745. The van der Waals surface area contributed by atoms with Crippen molar-refractivity contribution in [3.63, 3.8) is 0 Å². The summed E-state index contributed by atoms with van der Waals surface area (Å²) in [5.41, 5.74) is 5.93. The first kappa shape index (κ1) is 8.63. The molecule has 2 rings (SSSR count). The van der Waals surface area contributed by atoms with E-state index in [-0.39, 0.29) is 11.4 Å². The Kier molecular flexibility index (Phi) is 1.84. The first-order valence-corrected chi connectivity index (χ1v) is 4.32. The van der Waals surface area contributed by atoms with E-state index in [0.717, 1.165) is 25.0 Å². The number of rotatable bonds is 2. The predicted octanol–water partition coefficient (Wildman–Crippen LogP) is 2.00. The van der Waals surface area contributed by atoms with Gasteiger partial charge in [-0.25, -0.2) is 8.78 Å². The molecule has 70 valence electrons. The van der Waals surface area contributed by atoms with Crippen molar-refractivity contribution in [3.8, 4) is 0 Å². The molecule has 0 aliphatic heterocycles. The van der Waals surface area contributed by atoms with Gasteiger partial charge in [-0.05, 0) is 43.0 Å². The molecule has 1 aliphatic rings. The van der Waals surface area contributed by atoms with Crippen LogP contribution in [0.1, 0.15) is 18.4 Å². The van der Waals surface area contributed by atoms with Crippen LogP contribution in [0.15, 0.2) is 18.2 Å². The molecule has 0 amide bonds. The third kappa shape index (κ3) is 1.86. The van der Waals surface area contributed by atoms with Crippen molar-refractivity contribution in [3.05, 3.63) is 35.4 Å². The third-order valence-electron chi connectivity index (χ3n) is 2.44. The molecule has 0 saturated heterocycles. The Labute approximate surface area is 75.6 Å². The number of hydrogen-bond donors (Lipinski definition) is 1. The van der Waals surface area contributed by atoms with Gasteiger partial charge in [0.2, 0.25) is 0 Å². The third-order valence-corrected chi connectivity index (χ3v) is 2.44. The van der Waals surface area contributed by atoms with E-state index >= 15 is 0 Å². The van der Waals surface area contributed by atoms with Crippen molar-refractivity contribution in [2.75, 3.05) is 0 Å². The second kappa shape index (κ2) is 2.77. The van der Waals surface area contributed by atoms with E-state index < -0.39 is 5.82 Å². The minimum Gasteiger partial charge on any atom is -0.325 e. The van der Waals surface area contributed by atoms with Gasteiger partial charge in [0.05, 0.1) is 0 Å². The molecule has 0 heterocycles. The van der Waals surface area contributed by atoms with Crippen LogP contribution < -0.4 is 5.73 Å². The van der Waals surface area contributed by atoms with Crippen LogP contribution in [0.5, 0.6) is 0 Å². The van der Waals surface area contributed by atoms with E-state index in [2.05, 4.69) is 0 Å². The minimum absolute atomic E-state index is 0.269. The molecule has 3 heteroatoms. The smallest absolute Gasteiger partial charge is 0.126 e. The summed E-state index contributed by atoms with van der Waals surface area (Å²) in [4.78, 5) is 0. The number of halogens is 2. The van der Waals surface area contributed by atoms with Crippen LogP contribution >= 0.6 is 0 Å². The molecule has 1 aromatic rings. The van der Waals surface area contributed by atoms with Crippen molar-refractivity contribution in [2.24, 2.45) is 5.73 Å². The van der Waals surface area contributed by atoms with Crippen LogP contribution in [0.25, 0.3) is 0 Å². The number of nitrogens with two attached hydrogens (primary N) is 1. The SMILES string of the molecule is NC1(Cc2cc(F)ccc2F)CC1. The second-order valence-corrected chi connectivity index (χ2v) is 3.77. The molecule has 1 nitrogen and oxygen atoms in total. The van der Waals surface area contributed by atoms with Gasteiger partial charge < -0.3 is 5.73 Å². The van der Waals surface area contributed by atoms with Crippen molar-refractivity contribution < 1.29 is 8.78 Å². The molecule has 0 bridgehead atoms. The van der Waals surface area contributed by atoms with Crippen LogP contribution in [-0.2, 0) is 6.42 Å². The lowest BCUT2D eigenvalue weighted by Crippen LogP contribution is -2.25. The highest BCUT2D eigenvalue weighted by Crippen LogP contribution is 2.36. The van der Waals surface area contributed by atoms with Crippen LogP contribution in [0, 0.1) is 11.6 Å². The number of hydrogen-bond acceptors (Lipinski definition) is 1. The molecule has 0 spiro atoms. The molecule has 13 heavy (non-hydrogen) atoms. The minimum atomic E-state index is -0.402. The summed E-state index contributed by atoms with van der Waals surface area (Å²) in [6.07, 6.45) is 2.25. The highest BCUT2D eigenvalue weighted by molar-refractivity contribution is 5.23. The average Bonchev–Trinajstić information content (AvgIpc) is 2.76. The highest BCUT2D eigenvalue weighted by Gasteiger charge is 2.38. The fourth-order valence-electron chi connectivity index (χ4n) is 1.40. The summed E-state index contributed by atoms with van der Waals surface area (Å²) in [5.74, 6) is -0.765. The van der Waals surface area contributed by atoms with Crippen molar-refractivity contribution >= 4 is 0 Å². The Morgan fingerprint density at radius 1 is 1.31 bits per heavy atom. The molecule has 1 aliphatic carbocycles. The van der Waals surface area contributed by atoms with Gasteiger partial charge in [0.1, 0.15) is 11.6 Å². The highest BCUT2D eigenvalue weighted by atomic mass is 19.1. The lowest BCUT2D eigenvalue weighted by atomic mass is 10.0. The Balaban J connectivity index is 2.23. The summed E-state index contributed by atoms with van der Waals surface area (Å²) < 4.78 is 25.8. The lowest BCUT2D eigenvalue weighted by molar-refractivity contribution is 0.565. The van der Waals surface area contributed by atoms with E-state index in [9.17, 15) is 8.78 Å². The van der Waals surface area contributed by atoms with Gasteiger partial charge in [-0.15, -0.1) is 0 Å². The van der Waals surface area contributed by atoms with E-state index in [1.807, 2.05) is 0 Å². The van der Waals surface area contributed by atoms with Crippen molar-refractivity contribution in [2.45, 2.75) is 24.8 Å². The monoisotopic (exact) mass is 183 g/mol. The summed E-state index contributed by atoms with van der Waals surface area (Å²) >= 11 is 0. The largest absolute Gasteiger partial charge is 0.325 e. The van der Waals surface area contributed by atoms with Crippen LogP contribution in [0.3, 0.4) is 0 Å². The summed E-state index contributed by atoms with van der Waals surface area (Å²) in [6, 6.07) is 3.49. The van der Waals surface area contributed by atoms with Crippen molar-refractivity contribution in [1.29, 1.82) is 0 Å². The Hall–Kier alpha value is -0.960. The van der Waals surface area contributed by atoms with Crippen LogP contribution in [0.4, 0.5) is 8.78 Å². The maximum atomic E-state index is 13.1. The fourth-order valence-corrected chi connectivity index (χ4v) is 1.40. The van der Waals surface area contributed by atoms with Crippen molar-refractivity contribution in [1.82, 2.24) is 0 Å². The average molecular weight is 183 g/mol. The van der Waals surface area contributed by atoms with Gasteiger partial charge in [0.25, 0.3) is 0 Å². The van der Waals surface area contributed by atoms with E-state index in [4.69, 9.17) is 5.73 Å². The first-order chi connectivity index (χ1) is 6.09. The standard InChI is InChI=1S/C10H11F2N/c11-8-1-2-9(12)7(5-8)6-10(13)3-4-10/h1-2,5H,3-4,6,13H2. The van der Waals surface area contributed by atoms with E-state index in [0.29, 0.717) is 12.0 Å². The van der Waals surface area contributed by atoms with Gasteiger partial charge >= 0.3 is 0 Å². The fraction of sp³-hybridized carbons (Fsp3) is 0.400. The maximum Gasteiger partial charge on any atom is 0.126 e. The molecule has 1 saturated carbocycles. The molecule has 1 aromatic carbocycles. The summed E-state index contributed by atoms with van der Waals surface area (Å²) in [5, 5.41) is 0. The summed E-state index contributed by atoms with van der Waals surface area (Å²) in [7, 11) is 0. The zero-order valence-electron chi connectivity index (χ0n) is 7.19. The molecular weight excluding hydrogens is 172 g/mol. The lowest BCUT2D eigenvalue weighted by Gasteiger charge is -2.08. The molecule has 2 N–H and O–H groups in total. The Morgan fingerprint density at radius 3 is 2.62 bits per heavy atom. The van der Waals surface area contributed by atoms with Gasteiger partial charge in [0.15, 0.2) is 0 Å². The van der Waals surface area contributed by atoms with Gasteiger partial charge in [0, 0.05) is 5.54 Å². The van der Waals surface area contributed by atoms with E-state index in [1.165, 1.54) is 6.07 Å². The van der Waals surface area contributed by atoms with Gasteiger partial charge in [-0.3, -0.25) is 0 Å². The van der Waals surface area contributed by atoms with Crippen LogP contribution in [-0.4, -0.2) is 5.54 Å². The zero-order valence-corrected chi connectivity index (χ0v) is 7.19. The maximum absolute atomic E-state index is 13.1. The molecule has 0 aromatic heterocycles. The zero-order chi connectivity index (χ0) is 9.47. The molecule has 0 unspecified atom stereocenters. The predicted molar refractivity (Wildman–Crippen MR) is 46.2 cm³/mol. The molecule has 1 fully saturated rings.